The molecule has 1 saturated heterocycles. The maximum Gasteiger partial charge on any atom is 0.242 e. The standard InChI is InChI=1S/C32H51N5O2/c1-11-24(4)32(33-8)27(7)35(10)22-31(39)37-18-17-29(37)26(6)36(12-2)30(25(5)34(9)19-20-38)21-28-15-13-23(3)14-16-28/h13-16,20,24,29-30,32-33H,5-7,11-12,17-19,21-22H2,1-4,8-10H3/t24?,29-,30?,32?/m0/s1. The molecule has 1 aliphatic rings. The lowest BCUT2D eigenvalue weighted by Gasteiger charge is -2.48. The summed E-state index contributed by atoms with van der Waals surface area (Å²) in [5, 5.41) is 3.36. The van der Waals surface area contributed by atoms with Crippen LogP contribution >= 0.6 is 0 Å². The van der Waals surface area contributed by atoms with Gasteiger partial charge in [0.2, 0.25) is 5.91 Å². The van der Waals surface area contributed by atoms with Crippen molar-refractivity contribution in [2.45, 2.75) is 65.1 Å². The maximum atomic E-state index is 13.4. The molecule has 0 aromatic heterocycles. The Morgan fingerprint density at radius 3 is 2.26 bits per heavy atom. The smallest absolute Gasteiger partial charge is 0.242 e. The fourth-order valence-electron chi connectivity index (χ4n) is 5.33. The van der Waals surface area contributed by atoms with Gasteiger partial charge in [-0.2, -0.15) is 0 Å². The van der Waals surface area contributed by atoms with Crippen LogP contribution in [-0.2, 0) is 16.0 Å². The third-order valence-electron chi connectivity index (χ3n) is 8.33. The Morgan fingerprint density at radius 1 is 1.13 bits per heavy atom. The molecule has 0 spiro atoms. The molecular formula is C32H51N5O2. The topological polar surface area (TPSA) is 59.1 Å². The normalized spacial score (nSPS) is 16.9. The van der Waals surface area contributed by atoms with E-state index in [4.69, 9.17) is 0 Å². The lowest BCUT2D eigenvalue weighted by Crippen LogP contribution is -2.58. The quantitative estimate of drug-likeness (QED) is 0.303. The van der Waals surface area contributed by atoms with E-state index in [9.17, 15) is 9.59 Å². The van der Waals surface area contributed by atoms with E-state index in [1.165, 1.54) is 11.1 Å². The molecule has 7 nitrogen and oxygen atoms in total. The van der Waals surface area contributed by atoms with Crippen molar-refractivity contribution in [2.75, 3.05) is 47.3 Å². The van der Waals surface area contributed by atoms with Gasteiger partial charge in [-0.15, -0.1) is 0 Å². The fourth-order valence-corrected chi connectivity index (χ4v) is 5.33. The largest absolute Gasteiger partial charge is 0.370 e. The van der Waals surface area contributed by atoms with Crippen LogP contribution in [-0.4, -0.2) is 97.2 Å². The Balaban J connectivity index is 2.20. The second kappa shape index (κ2) is 14.9. The maximum absolute atomic E-state index is 13.4. The van der Waals surface area contributed by atoms with Gasteiger partial charge in [-0.25, -0.2) is 0 Å². The minimum Gasteiger partial charge on any atom is -0.370 e. The van der Waals surface area contributed by atoms with Gasteiger partial charge in [0, 0.05) is 50.3 Å². The molecule has 1 fully saturated rings. The monoisotopic (exact) mass is 537 g/mol. The zero-order chi connectivity index (χ0) is 29.3. The van der Waals surface area contributed by atoms with E-state index in [2.05, 4.69) is 81.9 Å². The molecule has 1 amide bonds. The predicted molar refractivity (Wildman–Crippen MR) is 162 cm³/mol. The summed E-state index contributed by atoms with van der Waals surface area (Å²) in [6.07, 6.45) is 3.55. The summed E-state index contributed by atoms with van der Waals surface area (Å²) in [6.45, 7) is 23.7. The van der Waals surface area contributed by atoms with E-state index in [0.717, 1.165) is 55.7 Å². The summed E-state index contributed by atoms with van der Waals surface area (Å²) >= 11 is 0. The van der Waals surface area contributed by atoms with E-state index in [0.29, 0.717) is 5.92 Å². The highest BCUT2D eigenvalue weighted by Gasteiger charge is 2.38. The molecule has 1 heterocycles. The number of nitrogens with one attached hydrogen (secondary N) is 1. The number of nitrogens with zero attached hydrogens (tertiary/aromatic N) is 4. The summed E-state index contributed by atoms with van der Waals surface area (Å²) in [5.74, 6) is 0.503. The number of likely N-dealkylation sites (tertiary alicyclic amines) is 1. The highest BCUT2D eigenvalue weighted by Crippen LogP contribution is 2.30. The molecule has 1 aliphatic heterocycles. The van der Waals surface area contributed by atoms with E-state index in [1.54, 1.807) is 0 Å². The van der Waals surface area contributed by atoms with Crippen LogP contribution in [0.4, 0.5) is 0 Å². The number of carbonyl (C=O) groups excluding carboxylic acids is 2. The van der Waals surface area contributed by atoms with Gasteiger partial charge < -0.3 is 29.7 Å². The van der Waals surface area contributed by atoms with Crippen molar-refractivity contribution in [3.63, 3.8) is 0 Å². The van der Waals surface area contributed by atoms with Crippen LogP contribution in [0.25, 0.3) is 0 Å². The summed E-state index contributed by atoms with van der Waals surface area (Å²) < 4.78 is 0. The Morgan fingerprint density at radius 2 is 1.77 bits per heavy atom. The number of carbonyl (C=O) groups is 2. The van der Waals surface area contributed by atoms with Crippen molar-refractivity contribution in [3.05, 3.63) is 72.2 Å². The van der Waals surface area contributed by atoms with Crippen molar-refractivity contribution >= 4 is 12.2 Å². The Kier molecular flexibility index (Phi) is 12.3. The van der Waals surface area contributed by atoms with Crippen LogP contribution in [0, 0.1) is 12.8 Å². The first-order valence-corrected chi connectivity index (χ1v) is 14.2. The molecule has 1 aromatic rings. The summed E-state index contributed by atoms with van der Waals surface area (Å²) in [5.41, 5.74) is 5.12. The van der Waals surface area contributed by atoms with Crippen molar-refractivity contribution < 1.29 is 9.59 Å². The first-order valence-electron chi connectivity index (χ1n) is 14.2. The van der Waals surface area contributed by atoms with Crippen LogP contribution in [0.2, 0.25) is 0 Å². The highest BCUT2D eigenvalue weighted by atomic mass is 16.2. The van der Waals surface area contributed by atoms with Crippen LogP contribution in [0.1, 0.15) is 44.7 Å². The lowest BCUT2D eigenvalue weighted by molar-refractivity contribution is -0.138. The Hall–Kier alpha value is -3.06. The summed E-state index contributed by atoms with van der Waals surface area (Å²) in [6, 6.07) is 8.51. The molecule has 39 heavy (non-hydrogen) atoms. The number of likely N-dealkylation sites (N-methyl/N-ethyl adjacent to an activating group) is 4. The number of rotatable bonds is 17. The second-order valence-corrected chi connectivity index (χ2v) is 10.9. The van der Waals surface area contributed by atoms with Crippen molar-refractivity contribution in [1.82, 2.24) is 24.9 Å². The van der Waals surface area contributed by atoms with E-state index in [-0.39, 0.29) is 37.1 Å². The molecule has 4 atom stereocenters. The van der Waals surface area contributed by atoms with Gasteiger partial charge in [0.1, 0.15) is 6.29 Å². The van der Waals surface area contributed by atoms with Crippen LogP contribution in [0.5, 0.6) is 0 Å². The number of hydrogen-bond acceptors (Lipinski definition) is 6. The van der Waals surface area contributed by atoms with Crippen LogP contribution in [0.15, 0.2) is 61.1 Å². The molecule has 2 rings (SSSR count). The van der Waals surface area contributed by atoms with E-state index < -0.39 is 0 Å². The van der Waals surface area contributed by atoms with Gasteiger partial charge in [-0.3, -0.25) is 4.79 Å². The molecular weight excluding hydrogens is 486 g/mol. The SMILES string of the molecule is C=C(C(NC)C(C)CC)N(C)CC(=O)N1CC[C@H]1C(=C)N(CC)C(Cc1ccc(C)cc1)C(=C)N(C)CC=O. The molecule has 0 bridgehead atoms. The third kappa shape index (κ3) is 7.98. The molecule has 0 radical (unpaired) electrons. The molecule has 216 valence electrons. The number of aryl methyl sites for hydroxylation is 1. The van der Waals surface area contributed by atoms with Crippen LogP contribution < -0.4 is 5.32 Å². The molecule has 1 N–H and O–H groups in total. The zero-order valence-corrected chi connectivity index (χ0v) is 25.4. The van der Waals surface area contributed by atoms with Gasteiger partial charge in [0.25, 0.3) is 0 Å². The molecule has 0 saturated carbocycles. The van der Waals surface area contributed by atoms with Crippen molar-refractivity contribution in [2.24, 2.45) is 5.92 Å². The third-order valence-corrected chi connectivity index (χ3v) is 8.33. The highest BCUT2D eigenvalue weighted by molar-refractivity contribution is 5.80. The van der Waals surface area contributed by atoms with Crippen LogP contribution in [0.3, 0.4) is 0 Å². The van der Waals surface area contributed by atoms with E-state index in [1.807, 2.05) is 35.8 Å². The van der Waals surface area contributed by atoms with Crippen molar-refractivity contribution in [1.29, 1.82) is 0 Å². The van der Waals surface area contributed by atoms with Gasteiger partial charge in [0.05, 0.1) is 25.2 Å². The van der Waals surface area contributed by atoms with Gasteiger partial charge in [0.15, 0.2) is 0 Å². The molecule has 7 heteroatoms. The molecule has 3 unspecified atom stereocenters. The average molecular weight is 538 g/mol. The number of benzene rings is 1. The van der Waals surface area contributed by atoms with Gasteiger partial charge in [-0.1, -0.05) is 69.8 Å². The van der Waals surface area contributed by atoms with Crippen molar-refractivity contribution in [3.8, 4) is 0 Å². The Bertz CT molecular complexity index is 1000. The lowest BCUT2D eigenvalue weighted by atomic mass is 9.94. The van der Waals surface area contributed by atoms with Gasteiger partial charge >= 0.3 is 0 Å². The first-order chi connectivity index (χ1) is 18.5. The fraction of sp³-hybridized carbons (Fsp3) is 0.562. The predicted octanol–water partition coefficient (Wildman–Crippen LogP) is 4.07. The Labute approximate surface area is 237 Å². The molecule has 1 aromatic carbocycles. The van der Waals surface area contributed by atoms with E-state index >= 15 is 0 Å². The summed E-state index contributed by atoms with van der Waals surface area (Å²) in [4.78, 5) is 32.8. The summed E-state index contributed by atoms with van der Waals surface area (Å²) in [7, 11) is 5.79. The minimum absolute atomic E-state index is 0.0570. The molecule has 0 aliphatic carbocycles. The average Bonchev–Trinajstić information content (AvgIpc) is 2.88. The first kappa shape index (κ1) is 32.2. The second-order valence-electron chi connectivity index (χ2n) is 10.9. The minimum atomic E-state index is -0.0814. The number of amides is 1. The number of aldehydes is 1. The van der Waals surface area contributed by atoms with Gasteiger partial charge in [-0.05, 0) is 45.2 Å². The number of hydrogen-bond donors (Lipinski definition) is 1. The zero-order valence-electron chi connectivity index (χ0n) is 25.4.